The molecule has 32 heavy (non-hydrogen) atoms. The third kappa shape index (κ3) is 4.24. The maximum Gasteiger partial charge on any atom is 0.260 e. The lowest BCUT2D eigenvalue weighted by Crippen LogP contribution is -2.43. The van der Waals surface area contributed by atoms with Gasteiger partial charge in [0, 0.05) is 36.8 Å². The molecule has 0 atom stereocenters. The quantitative estimate of drug-likeness (QED) is 0.396. The molecule has 0 radical (unpaired) electrons. The number of hydrogen-bond donors (Lipinski definition) is 0. The third-order valence-electron chi connectivity index (χ3n) is 5.88. The number of aromatic nitrogens is 1. The smallest absolute Gasteiger partial charge is 0.260 e. The fraction of sp³-hybridized carbons (Fsp3) is 0.280. The van der Waals surface area contributed by atoms with Gasteiger partial charge >= 0.3 is 0 Å². The Morgan fingerprint density at radius 1 is 1.16 bits per heavy atom. The third-order valence-corrected chi connectivity index (χ3v) is 7.12. The Hall–Kier alpha value is -2.51. The first-order chi connectivity index (χ1) is 15.6. The number of rotatable bonds is 5. The minimum Gasteiger partial charge on any atom is -0.379 e. The Morgan fingerprint density at radius 2 is 1.94 bits per heavy atom. The molecule has 4 aromatic rings. The summed E-state index contributed by atoms with van der Waals surface area (Å²) in [5.74, 6) is -0.0298. The summed E-state index contributed by atoms with van der Waals surface area (Å²) >= 11 is 7.79. The first-order valence-electron chi connectivity index (χ1n) is 10.8. The van der Waals surface area contributed by atoms with Gasteiger partial charge in [0.25, 0.3) is 5.91 Å². The fourth-order valence-electron chi connectivity index (χ4n) is 4.17. The zero-order valence-corrected chi connectivity index (χ0v) is 19.5. The van der Waals surface area contributed by atoms with Crippen LogP contribution in [0.1, 0.15) is 15.9 Å². The second-order valence-electron chi connectivity index (χ2n) is 8.00. The molecular weight excluding hydrogens is 442 g/mol. The van der Waals surface area contributed by atoms with Gasteiger partial charge in [-0.3, -0.25) is 14.6 Å². The van der Waals surface area contributed by atoms with E-state index in [1.807, 2.05) is 66.4 Å². The van der Waals surface area contributed by atoms with Gasteiger partial charge in [-0.1, -0.05) is 59.3 Å². The first kappa shape index (κ1) is 21.3. The Bertz CT molecular complexity index is 1280. The van der Waals surface area contributed by atoms with Crippen molar-refractivity contribution in [3.63, 3.8) is 0 Å². The number of aryl methyl sites for hydroxylation is 1. The Morgan fingerprint density at radius 3 is 2.78 bits per heavy atom. The van der Waals surface area contributed by atoms with Crippen molar-refractivity contribution in [3.8, 4) is 0 Å². The standard InChI is InChI=1S/C25H24ClN3O2S/c1-17-15-19(26)16-22-23(17)27-25(32-22)29(10-9-28-11-13-31-14-12-28)24(30)21-8-4-6-18-5-2-3-7-20(18)21/h2-8,15-16H,9-14H2,1H3. The maximum atomic E-state index is 13.9. The van der Waals surface area contributed by atoms with Gasteiger partial charge in [-0.05, 0) is 41.5 Å². The summed E-state index contributed by atoms with van der Waals surface area (Å²) in [6.07, 6.45) is 0. The average Bonchev–Trinajstić information content (AvgIpc) is 3.23. The van der Waals surface area contributed by atoms with Gasteiger partial charge in [-0.15, -0.1) is 0 Å². The van der Waals surface area contributed by atoms with Crippen LogP contribution in [0.15, 0.2) is 54.6 Å². The zero-order chi connectivity index (χ0) is 22.1. The Labute approximate surface area is 196 Å². The topological polar surface area (TPSA) is 45.7 Å². The number of halogens is 1. The van der Waals surface area contributed by atoms with Crippen LogP contribution in [0.25, 0.3) is 21.0 Å². The van der Waals surface area contributed by atoms with Crippen molar-refractivity contribution in [2.24, 2.45) is 0 Å². The van der Waals surface area contributed by atoms with Crippen molar-refractivity contribution < 1.29 is 9.53 Å². The lowest BCUT2D eigenvalue weighted by Gasteiger charge is -2.29. The van der Waals surface area contributed by atoms with Crippen LogP contribution < -0.4 is 4.90 Å². The largest absolute Gasteiger partial charge is 0.379 e. The molecule has 1 aliphatic rings. The summed E-state index contributed by atoms with van der Waals surface area (Å²) in [7, 11) is 0. The van der Waals surface area contributed by atoms with E-state index in [-0.39, 0.29) is 5.91 Å². The lowest BCUT2D eigenvalue weighted by atomic mass is 10.0. The highest BCUT2D eigenvalue weighted by Crippen LogP contribution is 2.34. The van der Waals surface area contributed by atoms with E-state index in [0.717, 1.165) is 59.4 Å². The predicted octanol–water partition coefficient (Wildman–Crippen LogP) is 5.39. The van der Waals surface area contributed by atoms with E-state index in [1.165, 1.54) is 11.3 Å². The van der Waals surface area contributed by atoms with E-state index in [0.29, 0.717) is 22.3 Å². The van der Waals surface area contributed by atoms with Crippen molar-refractivity contribution in [2.45, 2.75) is 6.92 Å². The van der Waals surface area contributed by atoms with E-state index in [9.17, 15) is 4.79 Å². The highest BCUT2D eigenvalue weighted by atomic mass is 35.5. The molecule has 5 rings (SSSR count). The Kier molecular flexibility index (Phi) is 6.11. The zero-order valence-electron chi connectivity index (χ0n) is 17.9. The summed E-state index contributed by atoms with van der Waals surface area (Å²) in [6.45, 7) is 6.56. The molecule has 0 unspecified atom stereocenters. The molecule has 3 aromatic carbocycles. The van der Waals surface area contributed by atoms with Gasteiger partial charge in [-0.2, -0.15) is 0 Å². The molecule has 1 aliphatic heterocycles. The molecule has 0 spiro atoms. The maximum absolute atomic E-state index is 13.9. The number of benzene rings is 3. The highest BCUT2D eigenvalue weighted by Gasteiger charge is 2.24. The molecule has 2 heterocycles. The normalized spacial score (nSPS) is 14.8. The number of thiazole rings is 1. The van der Waals surface area contributed by atoms with E-state index in [4.69, 9.17) is 21.3 Å². The Balaban J connectivity index is 1.54. The first-order valence-corrected chi connectivity index (χ1v) is 12.0. The minimum absolute atomic E-state index is 0.0298. The van der Waals surface area contributed by atoms with Gasteiger partial charge in [0.2, 0.25) is 0 Å². The molecule has 0 saturated carbocycles. The van der Waals surface area contributed by atoms with E-state index >= 15 is 0 Å². The molecule has 7 heteroatoms. The predicted molar refractivity (Wildman–Crippen MR) is 132 cm³/mol. The average molecular weight is 466 g/mol. The number of nitrogens with zero attached hydrogens (tertiary/aromatic N) is 3. The number of carbonyl (C=O) groups is 1. The molecule has 1 aromatic heterocycles. The van der Waals surface area contributed by atoms with Crippen LogP contribution in [-0.2, 0) is 4.74 Å². The number of anilines is 1. The molecule has 0 N–H and O–H groups in total. The second kappa shape index (κ2) is 9.16. The van der Waals surface area contributed by atoms with Crippen LogP contribution >= 0.6 is 22.9 Å². The molecule has 1 amide bonds. The summed E-state index contributed by atoms with van der Waals surface area (Å²) in [4.78, 5) is 22.9. The van der Waals surface area contributed by atoms with E-state index < -0.39 is 0 Å². The number of amides is 1. The summed E-state index contributed by atoms with van der Waals surface area (Å²) in [5, 5.41) is 3.40. The number of ether oxygens (including phenoxy) is 1. The number of hydrogen-bond acceptors (Lipinski definition) is 5. The molecule has 5 nitrogen and oxygen atoms in total. The van der Waals surface area contributed by atoms with Crippen molar-refractivity contribution in [1.29, 1.82) is 0 Å². The highest BCUT2D eigenvalue weighted by molar-refractivity contribution is 7.22. The minimum atomic E-state index is -0.0298. The number of fused-ring (bicyclic) bond motifs is 2. The van der Waals surface area contributed by atoms with Gasteiger partial charge < -0.3 is 4.74 Å². The summed E-state index contributed by atoms with van der Waals surface area (Å²) in [6, 6.07) is 17.7. The number of carbonyl (C=O) groups excluding carboxylic acids is 1. The molecule has 0 bridgehead atoms. The van der Waals surface area contributed by atoms with Crippen LogP contribution in [0.2, 0.25) is 5.02 Å². The molecule has 0 aliphatic carbocycles. The molecular formula is C25H24ClN3O2S. The van der Waals surface area contributed by atoms with Crippen LogP contribution in [0.3, 0.4) is 0 Å². The summed E-state index contributed by atoms with van der Waals surface area (Å²) < 4.78 is 6.47. The second-order valence-corrected chi connectivity index (χ2v) is 9.45. The molecule has 164 valence electrons. The molecule has 1 saturated heterocycles. The monoisotopic (exact) mass is 465 g/mol. The fourth-order valence-corrected chi connectivity index (χ4v) is 5.61. The number of morpholine rings is 1. The van der Waals surface area contributed by atoms with Gasteiger partial charge in [0.05, 0.1) is 23.4 Å². The SMILES string of the molecule is Cc1cc(Cl)cc2sc(N(CCN3CCOCC3)C(=O)c3cccc4ccccc34)nc12. The van der Waals surface area contributed by atoms with E-state index in [1.54, 1.807) is 0 Å². The van der Waals surface area contributed by atoms with Crippen molar-refractivity contribution in [1.82, 2.24) is 9.88 Å². The van der Waals surface area contributed by atoms with Crippen molar-refractivity contribution in [3.05, 3.63) is 70.7 Å². The van der Waals surface area contributed by atoms with Gasteiger partial charge in [-0.25, -0.2) is 4.98 Å². The van der Waals surface area contributed by atoms with Crippen LogP contribution in [0, 0.1) is 6.92 Å². The van der Waals surface area contributed by atoms with Crippen molar-refractivity contribution >= 4 is 55.0 Å². The van der Waals surface area contributed by atoms with Crippen LogP contribution in [0.5, 0.6) is 0 Å². The van der Waals surface area contributed by atoms with Gasteiger partial charge in [0.15, 0.2) is 5.13 Å². The molecule has 1 fully saturated rings. The van der Waals surface area contributed by atoms with Gasteiger partial charge in [0.1, 0.15) is 0 Å². The lowest BCUT2D eigenvalue weighted by molar-refractivity contribution is 0.0391. The van der Waals surface area contributed by atoms with E-state index in [2.05, 4.69) is 4.90 Å². The van der Waals surface area contributed by atoms with Crippen LogP contribution in [-0.4, -0.2) is 55.2 Å². The van der Waals surface area contributed by atoms with Crippen LogP contribution in [0.4, 0.5) is 5.13 Å². The van der Waals surface area contributed by atoms with Crippen molar-refractivity contribution in [2.75, 3.05) is 44.3 Å². The summed E-state index contributed by atoms with van der Waals surface area (Å²) in [5.41, 5.74) is 2.61.